The maximum Gasteiger partial charge on any atom is 0.00697 e. The second-order valence-corrected chi connectivity index (χ2v) is 7.21. The van der Waals surface area contributed by atoms with E-state index in [4.69, 9.17) is 0 Å². The average Bonchev–Trinajstić information content (AvgIpc) is 2.47. The van der Waals surface area contributed by atoms with E-state index in [0.717, 1.165) is 6.04 Å². The smallest absolute Gasteiger partial charge is 0.00697 e. The largest absolute Gasteiger partial charge is 0.312 e. The fourth-order valence-electron chi connectivity index (χ4n) is 3.19. The summed E-state index contributed by atoms with van der Waals surface area (Å²) in [5, 5.41) is 3.87. The van der Waals surface area contributed by atoms with Crippen molar-refractivity contribution in [2.45, 2.75) is 104 Å². The molecule has 0 bridgehead atoms. The zero-order valence-electron chi connectivity index (χ0n) is 13.2. The molecule has 1 heteroatoms. The van der Waals surface area contributed by atoms with Crippen molar-refractivity contribution in [3.05, 3.63) is 0 Å². The maximum absolute atomic E-state index is 3.87. The second kappa shape index (κ2) is 8.19. The van der Waals surface area contributed by atoms with Crippen LogP contribution in [0.4, 0.5) is 0 Å². The van der Waals surface area contributed by atoms with Gasteiger partial charge in [0.05, 0.1) is 0 Å². The van der Waals surface area contributed by atoms with Crippen LogP contribution in [0, 0.1) is 5.41 Å². The van der Waals surface area contributed by atoms with Gasteiger partial charge in [-0.1, -0.05) is 52.9 Å². The molecule has 1 N–H and O–H groups in total. The van der Waals surface area contributed by atoms with Crippen LogP contribution < -0.4 is 5.32 Å². The van der Waals surface area contributed by atoms with Crippen molar-refractivity contribution in [2.75, 3.05) is 0 Å². The average molecular weight is 253 g/mol. The first-order valence-corrected chi connectivity index (χ1v) is 8.29. The minimum Gasteiger partial charge on any atom is -0.312 e. The zero-order chi connectivity index (χ0) is 13.4. The summed E-state index contributed by atoms with van der Waals surface area (Å²) in [5.41, 5.74) is 0.584. The number of rotatable bonds is 7. The number of nitrogens with one attached hydrogen (secondary N) is 1. The lowest BCUT2D eigenvalue weighted by Gasteiger charge is -2.24. The van der Waals surface area contributed by atoms with E-state index >= 15 is 0 Å². The van der Waals surface area contributed by atoms with Crippen LogP contribution in [0.1, 0.15) is 91.9 Å². The molecule has 0 aromatic rings. The van der Waals surface area contributed by atoms with Gasteiger partial charge >= 0.3 is 0 Å². The SMILES string of the molecule is CCCCCCC(C)NC1CCCC(C)(C)CC1. The van der Waals surface area contributed by atoms with Crippen LogP contribution in [-0.4, -0.2) is 12.1 Å². The number of unbranched alkanes of at least 4 members (excludes halogenated alkanes) is 3. The summed E-state index contributed by atoms with van der Waals surface area (Å²) in [6, 6.07) is 1.50. The normalized spacial score (nSPS) is 25.7. The van der Waals surface area contributed by atoms with Crippen LogP contribution in [0.25, 0.3) is 0 Å². The van der Waals surface area contributed by atoms with Gasteiger partial charge in [-0.05, 0) is 44.4 Å². The van der Waals surface area contributed by atoms with E-state index in [1.807, 2.05) is 0 Å². The molecule has 1 aliphatic rings. The Hall–Kier alpha value is -0.0400. The van der Waals surface area contributed by atoms with Gasteiger partial charge in [0, 0.05) is 12.1 Å². The second-order valence-electron chi connectivity index (χ2n) is 7.21. The summed E-state index contributed by atoms with van der Waals surface area (Å²) in [6.07, 6.45) is 13.9. The summed E-state index contributed by atoms with van der Waals surface area (Å²) >= 11 is 0. The quantitative estimate of drug-likeness (QED) is 0.480. The van der Waals surface area contributed by atoms with Crippen molar-refractivity contribution >= 4 is 0 Å². The van der Waals surface area contributed by atoms with E-state index < -0.39 is 0 Å². The van der Waals surface area contributed by atoms with Crippen LogP contribution in [0.3, 0.4) is 0 Å². The Morgan fingerprint density at radius 3 is 2.61 bits per heavy atom. The Labute approximate surface area is 115 Å². The molecule has 2 unspecified atom stereocenters. The van der Waals surface area contributed by atoms with Gasteiger partial charge in [-0.15, -0.1) is 0 Å². The molecule has 2 atom stereocenters. The predicted octanol–water partition coefficient (Wildman–Crippen LogP) is 5.29. The molecule has 1 fully saturated rings. The summed E-state index contributed by atoms with van der Waals surface area (Å²) in [4.78, 5) is 0. The van der Waals surface area contributed by atoms with E-state index in [-0.39, 0.29) is 0 Å². The van der Waals surface area contributed by atoms with E-state index in [1.54, 1.807) is 0 Å². The molecule has 1 rings (SSSR count). The van der Waals surface area contributed by atoms with Crippen molar-refractivity contribution in [1.29, 1.82) is 0 Å². The van der Waals surface area contributed by atoms with Gasteiger partial charge in [-0.3, -0.25) is 0 Å². The fraction of sp³-hybridized carbons (Fsp3) is 1.00. The van der Waals surface area contributed by atoms with Crippen molar-refractivity contribution in [1.82, 2.24) is 5.32 Å². The topological polar surface area (TPSA) is 12.0 Å². The summed E-state index contributed by atoms with van der Waals surface area (Å²) in [5.74, 6) is 0. The minimum atomic E-state index is 0.584. The molecule has 0 heterocycles. The Morgan fingerprint density at radius 2 is 1.89 bits per heavy atom. The lowest BCUT2D eigenvalue weighted by Crippen LogP contribution is -2.36. The van der Waals surface area contributed by atoms with E-state index in [0.29, 0.717) is 11.5 Å². The molecule has 1 saturated carbocycles. The Morgan fingerprint density at radius 1 is 1.11 bits per heavy atom. The molecule has 0 saturated heterocycles. The standard InChI is InChI=1S/C17H35N/c1-5-6-7-8-10-15(2)18-16-11-9-13-17(3,4)14-12-16/h15-16,18H,5-14H2,1-4H3. The molecule has 0 radical (unpaired) electrons. The summed E-state index contributed by atoms with van der Waals surface area (Å²) < 4.78 is 0. The van der Waals surface area contributed by atoms with Gasteiger partial charge in [0.1, 0.15) is 0 Å². The molecule has 1 nitrogen and oxygen atoms in total. The van der Waals surface area contributed by atoms with Gasteiger partial charge < -0.3 is 5.32 Å². The lowest BCUT2D eigenvalue weighted by atomic mass is 9.85. The molecule has 0 spiro atoms. The third kappa shape index (κ3) is 6.78. The zero-order valence-corrected chi connectivity index (χ0v) is 13.2. The molecular weight excluding hydrogens is 218 g/mol. The minimum absolute atomic E-state index is 0.584. The van der Waals surface area contributed by atoms with Crippen molar-refractivity contribution < 1.29 is 0 Å². The molecule has 0 aromatic carbocycles. The van der Waals surface area contributed by atoms with Crippen LogP contribution in [-0.2, 0) is 0 Å². The maximum atomic E-state index is 3.87. The van der Waals surface area contributed by atoms with Gasteiger partial charge in [0.15, 0.2) is 0 Å². The molecule has 108 valence electrons. The fourth-order valence-corrected chi connectivity index (χ4v) is 3.19. The van der Waals surface area contributed by atoms with Crippen molar-refractivity contribution in [2.24, 2.45) is 5.41 Å². The molecule has 0 aromatic heterocycles. The Balaban J connectivity index is 2.17. The van der Waals surface area contributed by atoms with Crippen molar-refractivity contribution in [3.63, 3.8) is 0 Å². The third-order valence-electron chi connectivity index (χ3n) is 4.59. The summed E-state index contributed by atoms with van der Waals surface area (Å²) in [7, 11) is 0. The number of hydrogen-bond acceptors (Lipinski definition) is 1. The lowest BCUT2D eigenvalue weighted by molar-refractivity contribution is 0.306. The highest BCUT2D eigenvalue weighted by Crippen LogP contribution is 2.33. The third-order valence-corrected chi connectivity index (χ3v) is 4.59. The van der Waals surface area contributed by atoms with Crippen LogP contribution in [0.15, 0.2) is 0 Å². The van der Waals surface area contributed by atoms with Crippen molar-refractivity contribution in [3.8, 4) is 0 Å². The summed E-state index contributed by atoms with van der Waals surface area (Å²) in [6.45, 7) is 9.53. The van der Waals surface area contributed by atoms with E-state index in [1.165, 1.54) is 64.2 Å². The van der Waals surface area contributed by atoms with Crippen LogP contribution >= 0.6 is 0 Å². The first-order chi connectivity index (χ1) is 8.53. The molecule has 1 aliphatic carbocycles. The first kappa shape index (κ1) is 16.0. The highest BCUT2D eigenvalue weighted by molar-refractivity contribution is 4.81. The number of hydrogen-bond donors (Lipinski definition) is 1. The molecule has 18 heavy (non-hydrogen) atoms. The Bertz CT molecular complexity index is 210. The molecule has 0 aliphatic heterocycles. The van der Waals surface area contributed by atoms with Gasteiger partial charge in [0.25, 0.3) is 0 Å². The molecule has 0 amide bonds. The van der Waals surface area contributed by atoms with Crippen LogP contribution in [0.2, 0.25) is 0 Å². The Kier molecular flexibility index (Phi) is 7.29. The molecular formula is C17H35N. The monoisotopic (exact) mass is 253 g/mol. The first-order valence-electron chi connectivity index (χ1n) is 8.29. The van der Waals surface area contributed by atoms with Gasteiger partial charge in [0.2, 0.25) is 0 Å². The van der Waals surface area contributed by atoms with Gasteiger partial charge in [-0.25, -0.2) is 0 Å². The highest BCUT2D eigenvalue weighted by atomic mass is 14.9. The van der Waals surface area contributed by atoms with E-state index in [9.17, 15) is 0 Å². The highest BCUT2D eigenvalue weighted by Gasteiger charge is 2.24. The van der Waals surface area contributed by atoms with E-state index in [2.05, 4.69) is 33.0 Å². The van der Waals surface area contributed by atoms with Gasteiger partial charge in [-0.2, -0.15) is 0 Å². The van der Waals surface area contributed by atoms with Crippen LogP contribution in [0.5, 0.6) is 0 Å². The predicted molar refractivity (Wildman–Crippen MR) is 82.0 cm³/mol.